The summed E-state index contributed by atoms with van der Waals surface area (Å²) in [7, 11) is -5.19. The molecule has 0 aromatic heterocycles. The molecule has 0 unspecified atom stereocenters. The summed E-state index contributed by atoms with van der Waals surface area (Å²) >= 11 is 0. The zero-order valence-electron chi connectivity index (χ0n) is 17.0. The van der Waals surface area contributed by atoms with Crippen molar-refractivity contribution in [3.63, 3.8) is 0 Å². The van der Waals surface area contributed by atoms with E-state index in [1.807, 2.05) is 41.5 Å². The van der Waals surface area contributed by atoms with E-state index in [0.717, 1.165) is 19.0 Å². The Morgan fingerprint density at radius 3 is 1.28 bits per heavy atom. The minimum atomic E-state index is -2.63. The van der Waals surface area contributed by atoms with Crippen molar-refractivity contribution in [2.45, 2.75) is 54.0 Å². The van der Waals surface area contributed by atoms with Gasteiger partial charge >= 0.3 is 17.6 Å². The van der Waals surface area contributed by atoms with Gasteiger partial charge in [0.1, 0.15) is 0 Å². The summed E-state index contributed by atoms with van der Waals surface area (Å²) in [5.41, 5.74) is 0. The third kappa shape index (κ3) is 10.2. The molecule has 0 bridgehead atoms. The molecule has 0 saturated heterocycles. The van der Waals surface area contributed by atoms with Crippen LogP contribution in [0.15, 0.2) is 0 Å². The van der Waals surface area contributed by atoms with Crippen LogP contribution in [0.25, 0.3) is 0 Å². The largest absolute Gasteiger partial charge is 0.515 e. The van der Waals surface area contributed by atoms with E-state index in [1.54, 1.807) is 0 Å². The molecule has 1 N–H and O–H groups in total. The predicted octanol–water partition coefficient (Wildman–Crippen LogP) is 2.60. The molecule has 0 aliphatic heterocycles. The number of hydrogen-bond acceptors (Lipinski definition) is 7. The first-order valence-electron chi connectivity index (χ1n) is 9.61. The van der Waals surface area contributed by atoms with E-state index >= 15 is 0 Å². The van der Waals surface area contributed by atoms with Crippen molar-refractivity contribution in [1.82, 2.24) is 5.32 Å². The summed E-state index contributed by atoms with van der Waals surface area (Å²) in [6.45, 7) is 16.2. The molecule has 0 aromatic rings. The lowest BCUT2D eigenvalue weighted by Gasteiger charge is -2.30. The van der Waals surface area contributed by atoms with Crippen LogP contribution in [0.4, 0.5) is 0 Å². The number of rotatable bonds is 18. The van der Waals surface area contributed by atoms with Crippen molar-refractivity contribution >= 4 is 17.6 Å². The third-order valence-corrected chi connectivity index (χ3v) is 9.38. The second-order valence-corrected chi connectivity index (χ2v) is 10.6. The molecule has 9 heteroatoms. The Morgan fingerprint density at radius 1 is 0.560 bits per heavy atom. The van der Waals surface area contributed by atoms with Gasteiger partial charge in [-0.2, -0.15) is 0 Å². The van der Waals surface area contributed by atoms with Gasteiger partial charge in [-0.1, -0.05) is 0 Å². The second-order valence-electron chi connectivity index (χ2n) is 5.24. The van der Waals surface area contributed by atoms with E-state index in [2.05, 4.69) is 5.32 Å². The first-order chi connectivity index (χ1) is 12.1. The van der Waals surface area contributed by atoms with Gasteiger partial charge < -0.3 is 31.9 Å². The fourth-order valence-electron chi connectivity index (χ4n) is 2.61. The van der Waals surface area contributed by atoms with E-state index in [-0.39, 0.29) is 0 Å². The Balaban J connectivity index is 4.49. The minimum absolute atomic E-state index is 0.586. The van der Waals surface area contributed by atoms with Gasteiger partial charge in [0.2, 0.25) is 0 Å². The van der Waals surface area contributed by atoms with Crippen LogP contribution in [0.5, 0.6) is 0 Å². The van der Waals surface area contributed by atoms with Crippen LogP contribution in [0.3, 0.4) is 0 Å². The molecule has 0 rings (SSSR count). The quantitative estimate of drug-likeness (QED) is 0.282. The lowest BCUT2D eigenvalue weighted by molar-refractivity contribution is 0.0693. The first-order valence-corrected chi connectivity index (χ1v) is 13.5. The van der Waals surface area contributed by atoms with Crippen LogP contribution in [-0.4, -0.2) is 70.0 Å². The van der Waals surface area contributed by atoms with Crippen LogP contribution in [0.2, 0.25) is 6.04 Å². The Hall–Kier alpha value is 0.154. The standard InChI is InChI=1S/C16H39NO6Si2/c1-7-18-24(19-8-2,20-9-3)15-13-14-17-16-25(21-10-4,22-11-5)23-12-6/h17H,7-16H2,1-6H3. The van der Waals surface area contributed by atoms with Crippen LogP contribution in [0, 0.1) is 0 Å². The molecule has 0 saturated carbocycles. The lowest BCUT2D eigenvalue weighted by Crippen LogP contribution is -2.54. The van der Waals surface area contributed by atoms with E-state index in [0.29, 0.717) is 45.8 Å². The lowest BCUT2D eigenvalue weighted by atomic mass is 10.5. The smallest absolute Gasteiger partial charge is 0.374 e. The molecular formula is C16H39NO6Si2. The second kappa shape index (κ2) is 15.2. The third-order valence-electron chi connectivity index (χ3n) is 3.36. The van der Waals surface area contributed by atoms with Crippen LogP contribution in [0.1, 0.15) is 48.0 Å². The first kappa shape index (κ1) is 25.2. The molecule has 25 heavy (non-hydrogen) atoms. The summed E-state index contributed by atoms with van der Waals surface area (Å²) in [5.74, 6) is 0. The highest BCUT2D eigenvalue weighted by Crippen LogP contribution is 2.18. The summed E-state index contributed by atoms with van der Waals surface area (Å²) in [6.07, 6.45) is 1.51. The van der Waals surface area contributed by atoms with Crippen molar-refractivity contribution in [1.29, 1.82) is 0 Å². The highest BCUT2D eigenvalue weighted by Gasteiger charge is 2.41. The van der Waals surface area contributed by atoms with Gasteiger partial charge in [-0.15, -0.1) is 0 Å². The normalized spacial score (nSPS) is 12.7. The maximum Gasteiger partial charge on any atom is 0.515 e. The van der Waals surface area contributed by atoms with Crippen molar-refractivity contribution in [2.75, 3.05) is 52.4 Å². The summed E-state index contributed by atoms with van der Waals surface area (Å²) in [4.78, 5) is 0. The predicted molar refractivity (Wildman–Crippen MR) is 104 cm³/mol. The van der Waals surface area contributed by atoms with Crippen molar-refractivity contribution in [3.8, 4) is 0 Å². The average Bonchev–Trinajstić information content (AvgIpc) is 2.56. The maximum atomic E-state index is 5.87. The van der Waals surface area contributed by atoms with Gasteiger partial charge in [-0.05, 0) is 54.5 Å². The molecule has 0 fully saturated rings. The zero-order valence-corrected chi connectivity index (χ0v) is 19.0. The Morgan fingerprint density at radius 2 is 0.920 bits per heavy atom. The van der Waals surface area contributed by atoms with Gasteiger partial charge in [-0.3, -0.25) is 0 Å². The molecule has 0 aromatic carbocycles. The molecule has 0 atom stereocenters. The Labute approximate surface area is 156 Å². The van der Waals surface area contributed by atoms with Gasteiger partial charge in [-0.25, -0.2) is 0 Å². The molecular weight excluding hydrogens is 358 g/mol. The molecule has 0 aliphatic rings. The fraction of sp³-hybridized carbons (Fsp3) is 1.00. The van der Waals surface area contributed by atoms with E-state index < -0.39 is 17.6 Å². The zero-order chi connectivity index (χ0) is 19.0. The monoisotopic (exact) mass is 397 g/mol. The number of nitrogens with one attached hydrogen (secondary N) is 1. The number of hydrogen-bond donors (Lipinski definition) is 1. The average molecular weight is 398 g/mol. The van der Waals surface area contributed by atoms with Gasteiger partial charge in [0.15, 0.2) is 0 Å². The SMILES string of the molecule is CCO[Si](CCCNC[Si](OCC)(OCC)OCC)(OCC)OCC. The summed E-state index contributed by atoms with van der Waals surface area (Å²) < 4.78 is 35.1. The van der Waals surface area contributed by atoms with Crippen molar-refractivity contribution < 1.29 is 26.6 Å². The van der Waals surface area contributed by atoms with Gasteiger partial charge in [0, 0.05) is 45.7 Å². The van der Waals surface area contributed by atoms with E-state index in [9.17, 15) is 0 Å². The maximum absolute atomic E-state index is 5.87. The topological polar surface area (TPSA) is 67.4 Å². The highest BCUT2D eigenvalue weighted by molar-refractivity contribution is 6.61. The molecule has 7 nitrogen and oxygen atoms in total. The molecule has 0 spiro atoms. The minimum Gasteiger partial charge on any atom is -0.374 e. The van der Waals surface area contributed by atoms with Crippen molar-refractivity contribution in [2.24, 2.45) is 0 Å². The Kier molecular flexibility index (Phi) is 15.3. The van der Waals surface area contributed by atoms with Gasteiger partial charge in [0.25, 0.3) is 0 Å². The highest BCUT2D eigenvalue weighted by atomic mass is 28.4. The van der Waals surface area contributed by atoms with E-state index in [4.69, 9.17) is 26.6 Å². The van der Waals surface area contributed by atoms with E-state index in [1.165, 1.54) is 0 Å². The van der Waals surface area contributed by atoms with Crippen LogP contribution < -0.4 is 5.32 Å². The molecule has 0 aliphatic carbocycles. The fourth-order valence-corrected chi connectivity index (χ4v) is 7.58. The summed E-state index contributed by atoms with van der Waals surface area (Å²) in [6, 6.07) is 0.794. The summed E-state index contributed by atoms with van der Waals surface area (Å²) in [5, 5.41) is 3.42. The molecule has 0 amide bonds. The van der Waals surface area contributed by atoms with Crippen molar-refractivity contribution in [3.05, 3.63) is 0 Å². The molecule has 0 heterocycles. The Bertz CT molecular complexity index is 250. The van der Waals surface area contributed by atoms with Gasteiger partial charge in [0.05, 0.1) is 6.17 Å². The van der Waals surface area contributed by atoms with Crippen LogP contribution >= 0.6 is 0 Å². The molecule has 152 valence electrons. The van der Waals surface area contributed by atoms with Crippen LogP contribution in [-0.2, 0) is 26.6 Å². The molecule has 0 radical (unpaired) electrons.